The lowest BCUT2D eigenvalue weighted by molar-refractivity contribution is -0.500. The molecule has 3 aliphatic rings. The Bertz CT molecular complexity index is 1390. The molecule has 3 aromatic rings. The van der Waals surface area contributed by atoms with Crippen molar-refractivity contribution in [2.24, 2.45) is 0 Å². The number of carbonyl (C=O) groups excluding carboxylic acids is 1. The van der Waals surface area contributed by atoms with E-state index in [1.54, 1.807) is 12.1 Å². The number of hydrogen-bond donors (Lipinski definition) is 4. The van der Waals surface area contributed by atoms with Crippen LogP contribution < -0.4 is 16.0 Å². The number of likely N-dealkylation sites (tertiary alicyclic amines) is 1. The van der Waals surface area contributed by atoms with Crippen molar-refractivity contribution in [3.8, 4) is 0 Å². The van der Waals surface area contributed by atoms with Crippen LogP contribution >= 0.6 is 0 Å². The fourth-order valence-corrected chi connectivity index (χ4v) is 5.95. The van der Waals surface area contributed by atoms with E-state index in [9.17, 15) is 9.18 Å². The van der Waals surface area contributed by atoms with E-state index in [1.807, 2.05) is 30.6 Å². The topological polar surface area (TPSA) is 101 Å². The van der Waals surface area contributed by atoms with Gasteiger partial charge in [-0.1, -0.05) is 12.1 Å². The highest BCUT2D eigenvalue weighted by Crippen LogP contribution is 2.36. The standard InChI is InChI=1S/C29H35FN8O/c1-37-14-11-29(12-15-37,28-33-26(35-36-28)25-10-13-38(2)18-31-25)34-22-5-3-4-20(17-22)27(39)32-24-9-6-19-16-21(30)7-8-23(19)24/h3-5,7-8,16-18,24-25,34H,6,9-15H2,1-2H3,(H2,32,33,35,36,39)/p+1/t24-,25?/m0/s1. The predicted octanol–water partition coefficient (Wildman–Crippen LogP) is 3.10. The van der Waals surface area contributed by atoms with Crippen LogP contribution in [0.3, 0.4) is 0 Å². The lowest BCUT2D eigenvalue weighted by Gasteiger charge is -2.40. The third-order valence-electron chi connectivity index (χ3n) is 8.36. The second-order valence-electron chi connectivity index (χ2n) is 11.2. The highest BCUT2D eigenvalue weighted by Gasteiger charge is 2.40. The zero-order chi connectivity index (χ0) is 27.0. The van der Waals surface area contributed by atoms with Crippen LogP contribution in [0.25, 0.3) is 0 Å². The minimum absolute atomic E-state index is 0.106. The van der Waals surface area contributed by atoms with Crippen LogP contribution in [-0.2, 0) is 12.0 Å². The van der Waals surface area contributed by atoms with Gasteiger partial charge in [0.05, 0.1) is 19.6 Å². The normalized spacial score (nSPS) is 22.5. The molecule has 4 N–H and O–H groups in total. The summed E-state index contributed by atoms with van der Waals surface area (Å²) < 4.78 is 15.8. The molecule has 1 fully saturated rings. The molecule has 0 radical (unpaired) electrons. The molecule has 1 unspecified atom stereocenters. The lowest BCUT2D eigenvalue weighted by atomic mass is 9.86. The number of H-pyrrole nitrogens is 1. The molecule has 1 aliphatic carbocycles. The van der Waals surface area contributed by atoms with E-state index < -0.39 is 5.54 Å². The second kappa shape index (κ2) is 10.4. The maximum Gasteiger partial charge on any atom is 0.251 e. The minimum atomic E-state index is -0.444. The number of nitrogens with zero attached hydrogens (tertiary/aromatic N) is 4. The van der Waals surface area contributed by atoms with Crippen molar-refractivity contribution in [3.05, 3.63) is 76.6 Å². The van der Waals surface area contributed by atoms with Gasteiger partial charge >= 0.3 is 0 Å². The van der Waals surface area contributed by atoms with E-state index in [0.717, 1.165) is 80.2 Å². The number of nitrogens with one attached hydrogen (secondary N) is 4. The maximum absolute atomic E-state index is 13.6. The Hall–Kier alpha value is -3.79. The number of fused-ring (bicyclic) bond motifs is 1. The van der Waals surface area contributed by atoms with Crippen molar-refractivity contribution >= 4 is 17.9 Å². The van der Waals surface area contributed by atoms with Crippen LogP contribution in [0, 0.1) is 5.82 Å². The SMILES string of the molecule is CN1CCC(Nc2cccc(C(=O)N[C@H]3CCc4cc(F)ccc43)c2)(c2n[nH]c(C3CC[N+](C)=CN3)n2)CC1. The number of piperidine rings is 1. The van der Waals surface area contributed by atoms with Crippen LogP contribution in [0.15, 0.2) is 42.5 Å². The molecule has 3 heterocycles. The molecule has 1 aromatic heterocycles. The van der Waals surface area contributed by atoms with Crippen molar-refractivity contribution in [2.45, 2.75) is 49.7 Å². The summed E-state index contributed by atoms with van der Waals surface area (Å²) in [5, 5.41) is 18.2. The molecule has 9 nitrogen and oxygen atoms in total. The van der Waals surface area contributed by atoms with Gasteiger partial charge in [0.25, 0.3) is 5.91 Å². The molecule has 39 heavy (non-hydrogen) atoms. The molecule has 2 aromatic carbocycles. The van der Waals surface area contributed by atoms with Gasteiger partial charge in [0.1, 0.15) is 11.4 Å². The van der Waals surface area contributed by atoms with Gasteiger partial charge in [-0.3, -0.25) is 19.8 Å². The average molecular weight is 532 g/mol. The number of amides is 1. The third kappa shape index (κ3) is 5.25. The Kier molecular flexibility index (Phi) is 6.80. The summed E-state index contributed by atoms with van der Waals surface area (Å²) >= 11 is 0. The molecule has 2 aliphatic heterocycles. The average Bonchev–Trinajstić information content (AvgIpc) is 3.59. The monoisotopic (exact) mass is 531 g/mol. The first kappa shape index (κ1) is 25.5. The van der Waals surface area contributed by atoms with E-state index in [2.05, 4.69) is 44.6 Å². The van der Waals surface area contributed by atoms with Gasteiger partial charge in [0.15, 0.2) is 17.7 Å². The van der Waals surface area contributed by atoms with E-state index in [-0.39, 0.29) is 23.8 Å². The first-order chi connectivity index (χ1) is 18.9. The molecular formula is C29H36FN8O+. The molecule has 0 saturated carbocycles. The first-order valence-electron chi connectivity index (χ1n) is 13.8. The molecular weight excluding hydrogens is 495 g/mol. The van der Waals surface area contributed by atoms with E-state index in [0.29, 0.717) is 5.56 Å². The fourth-order valence-electron chi connectivity index (χ4n) is 5.95. The smallest absolute Gasteiger partial charge is 0.251 e. The highest BCUT2D eigenvalue weighted by atomic mass is 19.1. The number of rotatable bonds is 6. The first-order valence-corrected chi connectivity index (χ1v) is 13.8. The molecule has 0 spiro atoms. The van der Waals surface area contributed by atoms with Crippen LogP contribution in [0.1, 0.15) is 70.9 Å². The van der Waals surface area contributed by atoms with Crippen molar-refractivity contribution in [3.63, 3.8) is 0 Å². The van der Waals surface area contributed by atoms with Gasteiger partial charge in [-0.15, -0.1) is 0 Å². The van der Waals surface area contributed by atoms with E-state index in [4.69, 9.17) is 10.1 Å². The Morgan fingerprint density at radius 1 is 1.18 bits per heavy atom. The summed E-state index contributed by atoms with van der Waals surface area (Å²) in [5.74, 6) is 1.24. The Labute approximate surface area is 227 Å². The van der Waals surface area contributed by atoms with Gasteiger partial charge in [0.2, 0.25) is 6.34 Å². The molecule has 204 valence electrons. The van der Waals surface area contributed by atoms with Gasteiger partial charge in [-0.25, -0.2) is 9.37 Å². The van der Waals surface area contributed by atoms with Crippen molar-refractivity contribution in [1.82, 2.24) is 30.7 Å². The van der Waals surface area contributed by atoms with Crippen LogP contribution in [0.4, 0.5) is 10.1 Å². The van der Waals surface area contributed by atoms with Crippen LogP contribution in [-0.4, -0.2) is 70.6 Å². The Morgan fingerprint density at radius 2 is 2.03 bits per heavy atom. The predicted molar refractivity (Wildman–Crippen MR) is 147 cm³/mol. The van der Waals surface area contributed by atoms with Crippen molar-refractivity contribution < 1.29 is 13.8 Å². The molecule has 10 heteroatoms. The molecule has 2 atom stereocenters. The summed E-state index contributed by atoms with van der Waals surface area (Å²) in [7, 11) is 4.18. The number of benzene rings is 2. The van der Waals surface area contributed by atoms with E-state index in [1.165, 1.54) is 6.07 Å². The summed E-state index contributed by atoms with van der Waals surface area (Å²) in [4.78, 5) is 20.5. The third-order valence-corrected chi connectivity index (χ3v) is 8.36. The van der Waals surface area contributed by atoms with Gasteiger partial charge in [0, 0.05) is 30.8 Å². The summed E-state index contributed by atoms with van der Waals surface area (Å²) in [6, 6.07) is 12.4. The molecule has 6 rings (SSSR count). The lowest BCUT2D eigenvalue weighted by Crippen LogP contribution is -2.46. The van der Waals surface area contributed by atoms with Crippen molar-refractivity contribution in [2.75, 3.05) is 39.0 Å². The quantitative estimate of drug-likeness (QED) is 0.365. The number of aromatic nitrogens is 3. The van der Waals surface area contributed by atoms with Gasteiger partial charge < -0.3 is 15.5 Å². The zero-order valence-corrected chi connectivity index (χ0v) is 22.5. The van der Waals surface area contributed by atoms with Gasteiger partial charge in [-0.05, 0) is 74.2 Å². The molecule has 0 bridgehead atoms. The minimum Gasteiger partial charge on any atom is -0.372 e. The second-order valence-corrected chi connectivity index (χ2v) is 11.2. The number of hydrogen-bond acceptors (Lipinski definition) is 6. The van der Waals surface area contributed by atoms with Crippen LogP contribution in [0.2, 0.25) is 0 Å². The maximum atomic E-state index is 13.6. The summed E-state index contributed by atoms with van der Waals surface area (Å²) in [5.41, 5.74) is 2.97. The highest BCUT2D eigenvalue weighted by molar-refractivity contribution is 5.95. The van der Waals surface area contributed by atoms with Crippen LogP contribution in [0.5, 0.6) is 0 Å². The Balaban J connectivity index is 1.21. The van der Waals surface area contributed by atoms with E-state index >= 15 is 0 Å². The number of halogens is 1. The number of carbonyl (C=O) groups is 1. The number of aromatic amines is 1. The summed E-state index contributed by atoms with van der Waals surface area (Å²) in [6.07, 6.45) is 6.16. The largest absolute Gasteiger partial charge is 0.372 e. The van der Waals surface area contributed by atoms with Gasteiger partial charge in [-0.2, -0.15) is 5.10 Å². The number of aryl methyl sites for hydroxylation is 1. The fraction of sp³-hybridized carbons (Fsp3) is 0.448. The molecule has 1 saturated heterocycles. The Morgan fingerprint density at radius 3 is 2.82 bits per heavy atom. The number of anilines is 1. The zero-order valence-electron chi connectivity index (χ0n) is 22.5. The van der Waals surface area contributed by atoms with Crippen molar-refractivity contribution in [1.29, 1.82) is 0 Å². The summed E-state index contributed by atoms with van der Waals surface area (Å²) in [6.45, 7) is 2.79. The molecule has 1 amide bonds.